The van der Waals surface area contributed by atoms with Gasteiger partial charge in [0.05, 0.1) is 11.3 Å². The molecule has 0 aromatic heterocycles. The van der Waals surface area contributed by atoms with Crippen molar-refractivity contribution in [1.29, 1.82) is 0 Å². The Labute approximate surface area is 170 Å². The summed E-state index contributed by atoms with van der Waals surface area (Å²) in [5, 5.41) is 2.86. The molecule has 3 amide bonds. The zero-order chi connectivity index (χ0) is 21.0. The van der Waals surface area contributed by atoms with Crippen LogP contribution in [-0.2, 0) is 0 Å². The lowest BCUT2D eigenvalue weighted by atomic mass is 10.1. The normalized spacial score (nSPS) is 13.7. The van der Waals surface area contributed by atoms with Crippen LogP contribution in [0.15, 0.2) is 42.5 Å². The Morgan fingerprint density at radius 3 is 2.14 bits per heavy atom. The number of piperidine rings is 1. The van der Waals surface area contributed by atoms with Crippen molar-refractivity contribution in [3.8, 4) is 0 Å². The number of amides is 3. The summed E-state index contributed by atoms with van der Waals surface area (Å²) in [6, 6.07) is 11.6. The summed E-state index contributed by atoms with van der Waals surface area (Å²) in [5.74, 6) is -0.889. The Balaban J connectivity index is 1.79. The Morgan fingerprint density at radius 1 is 0.931 bits per heavy atom. The van der Waals surface area contributed by atoms with Gasteiger partial charge in [-0.15, -0.1) is 0 Å². The van der Waals surface area contributed by atoms with Crippen LogP contribution in [-0.4, -0.2) is 49.8 Å². The van der Waals surface area contributed by atoms with E-state index in [1.54, 1.807) is 56.6 Å². The van der Waals surface area contributed by atoms with Crippen LogP contribution < -0.4 is 16.0 Å². The molecule has 1 fully saturated rings. The topological polar surface area (TPSA) is 95.7 Å². The predicted octanol–water partition coefficient (Wildman–Crippen LogP) is 2.73. The maximum Gasteiger partial charge on any atom is 0.255 e. The summed E-state index contributed by atoms with van der Waals surface area (Å²) in [4.78, 5) is 40.1. The second-order valence-electron chi connectivity index (χ2n) is 7.37. The van der Waals surface area contributed by atoms with Crippen LogP contribution in [0.4, 0.5) is 11.4 Å². The molecule has 0 aliphatic carbocycles. The SMILES string of the molecule is CN(C)C(=O)c1ccc(C(=O)Nc2ccc(C(N)=O)c(N3CCCCC3)c2)cc1. The summed E-state index contributed by atoms with van der Waals surface area (Å²) in [5.41, 5.74) is 8.30. The van der Waals surface area contributed by atoms with Crippen molar-refractivity contribution in [1.82, 2.24) is 4.90 Å². The van der Waals surface area contributed by atoms with Crippen LogP contribution >= 0.6 is 0 Å². The molecule has 7 heteroatoms. The van der Waals surface area contributed by atoms with Crippen molar-refractivity contribution in [2.24, 2.45) is 5.73 Å². The number of nitrogens with zero attached hydrogens (tertiary/aromatic N) is 2. The Kier molecular flexibility index (Phi) is 6.16. The van der Waals surface area contributed by atoms with Gasteiger partial charge in [-0.2, -0.15) is 0 Å². The first-order valence-electron chi connectivity index (χ1n) is 9.68. The number of primary amides is 1. The number of nitrogens with two attached hydrogens (primary N) is 1. The molecule has 1 aliphatic heterocycles. The average molecular weight is 394 g/mol. The standard InChI is InChI=1S/C22H26N4O3/c1-25(2)22(29)16-8-6-15(7-9-16)21(28)24-17-10-11-18(20(23)27)19(14-17)26-12-4-3-5-13-26/h6-11,14H,3-5,12-13H2,1-2H3,(H2,23,27)(H,24,28). The first-order chi connectivity index (χ1) is 13.9. The maximum absolute atomic E-state index is 12.6. The van der Waals surface area contributed by atoms with Crippen LogP contribution in [0, 0.1) is 0 Å². The van der Waals surface area contributed by atoms with Crippen molar-refractivity contribution in [2.75, 3.05) is 37.4 Å². The highest BCUT2D eigenvalue weighted by molar-refractivity contribution is 6.06. The van der Waals surface area contributed by atoms with E-state index in [4.69, 9.17) is 5.73 Å². The summed E-state index contributed by atoms with van der Waals surface area (Å²) < 4.78 is 0. The molecular weight excluding hydrogens is 368 g/mol. The Morgan fingerprint density at radius 2 is 1.55 bits per heavy atom. The van der Waals surface area contributed by atoms with Gasteiger partial charge in [-0.05, 0) is 61.7 Å². The first kappa shape index (κ1) is 20.4. The molecule has 152 valence electrons. The molecule has 2 aromatic rings. The molecule has 3 rings (SSSR count). The van der Waals surface area contributed by atoms with Gasteiger partial charge in [0.1, 0.15) is 0 Å². The lowest BCUT2D eigenvalue weighted by molar-refractivity contribution is 0.0826. The molecule has 1 aliphatic rings. The fourth-order valence-electron chi connectivity index (χ4n) is 3.44. The summed E-state index contributed by atoms with van der Waals surface area (Å²) in [6.07, 6.45) is 3.30. The largest absolute Gasteiger partial charge is 0.371 e. The molecule has 0 unspecified atom stereocenters. The van der Waals surface area contributed by atoms with Gasteiger partial charge < -0.3 is 20.9 Å². The van der Waals surface area contributed by atoms with E-state index in [2.05, 4.69) is 10.2 Å². The monoisotopic (exact) mass is 394 g/mol. The number of nitrogens with one attached hydrogen (secondary N) is 1. The molecule has 3 N–H and O–H groups in total. The second-order valence-corrected chi connectivity index (χ2v) is 7.37. The molecule has 2 aromatic carbocycles. The van der Waals surface area contributed by atoms with Gasteiger partial charge in [0.15, 0.2) is 0 Å². The van der Waals surface area contributed by atoms with E-state index in [0.29, 0.717) is 22.4 Å². The zero-order valence-electron chi connectivity index (χ0n) is 16.8. The minimum absolute atomic E-state index is 0.120. The highest BCUT2D eigenvalue weighted by atomic mass is 16.2. The maximum atomic E-state index is 12.6. The molecule has 7 nitrogen and oxygen atoms in total. The number of rotatable bonds is 5. The Bertz CT molecular complexity index is 916. The molecule has 0 spiro atoms. The molecule has 0 bridgehead atoms. The highest BCUT2D eigenvalue weighted by Crippen LogP contribution is 2.28. The minimum atomic E-state index is -0.482. The third-order valence-electron chi connectivity index (χ3n) is 5.02. The summed E-state index contributed by atoms with van der Waals surface area (Å²) in [6.45, 7) is 1.72. The molecule has 0 atom stereocenters. The lowest BCUT2D eigenvalue weighted by Gasteiger charge is -2.30. The highest BCUT2D eigenvalue weighted by Gasteiger charge is 2.18. The molecule has 1 heterocycles. The Hall–Kier alpha value is -3.35. The first-order valence-corrected chi connectivity index (χ1v) is 9.68. The van der Waals surface area contributed by atoms with Gasteiger partial charge in [-0.1, -0.05) is 0 Å². The van der Waals surface area contributed by atoms with Crippen LogP contribution in [0.2, 0.25) is 0 Å². The number of hydrogen-bond acceptors (Lipinski definition) is 4. The van der Waals surface area contributed by atoms with Gasteiger partial charge >= 0.3 is 0 Å². The van der Waals surface area contributed by atoms with Gasteiger partial charge in [0.25, 0.3) is 17.7 Å². The number of carbonyl (C=O) groups is 3. The third-order valence-corrected chi connectivity index (χ3v) is 5.02. The fourth-order valence-corrected chi connectivity index (χ4v) is 3.44. The van der Waals surface area contributed by atoms with Gasteiger partial charge in [0.2, 0.25) is 0 Å². The van der Waals surface area contributed by atoms with Crippen molar-refractivity contribution >= 4 is 29.1 Å². The summed E-state index contributed by atoms with van der Waals surface area (Å²) >= 11 is 0. The van der Waals surface area contributed by atoms with Gasteiger partial charge in [-0.25, -0.2) is 0 Å². The van der Waals surface area contributed by atoms with E-state index in [9.17, 15) is 14.4 Å². The smallest absolute Gasteiger partial charge is 0.255 e. The zero-order valence-corrected chi connectivity index (χ0v) is 16.8. The quantitative estimate of drug-likeness (QED) is 0.815. The molecule has 0 saturated carbocycles. The lowest BCUT2D eigenvalue weighted by Crippen LogP contribution is -2.31. The van der Waals surface area contributed by atoms with E-state index >= 15 is 0 Å². The third kappa shape index (κ3) is 4.74. The number of benzene rings is 2. The van der Waals surface area contributed by atoms with Gasteiger partial charge in [-0.3, -0.25) is 14.4 Å². The predicted molar refractivity (Wildman–Crippen MR) is 113 cm³/mol. The van der Waals surface area contributed by atoms with E-state index < -0.39 is 5.91 Å². The van der Waals surface area contributed by atoms with E-state index in [-0.39, 0.29) is 11.8 Å². The van der Waals surface area contributed by atoms with Crippen molar-refractivity contribution in [3.63, 3.8) is 0 Å². The van der Waals surface area contributed by atoms with Crippen LogP contribution in [0.3, 0.4) is 0 Å². The van der Waals surface area contributed by atoms with Gasteiger partial charge in [0, 0.05) is 44.0 Å². The van der Waals surface area contributed by atoms with Crippen LogP contribution in [0.5, 0.6) is 0 Å². The average Bonchev–Trinajstić information content (AvgIpc) is 2.73. The molecule has 29 heavy (non-hydrogen) atoms. The van der Waals surface area contributed by atoms with E-state index in [1.807, 2.05) is 0 Å². The fraction of sp³-hybridized carbons (Fsp3) is 0.318. The summed E-state index contributed by atoms with van der Waals surface area (Å²) in [7, 11) is 3.36. The molecule has 0 radical (unpaired) electrons. The molecule has 1 saturated heterocycles. The van der Waals surface area contributed by atoms with Crippen molar-refractivity contribution in [2.45, 2.75) is 19.3 Å². The van der Waals surface area contributed by atoms with Crippen LogP contribution in [0.25, 0.3) is 0 Å². The van der Waals surface area contributed by atoms with E-state index in [0.717, 1.165) is 31.6 Å². The second kappa shape index (κ2) is 8.77. The number of carbonyl (C=O) groups excluding carboxylic acids is 3. The molecular formula is C22H26N4O3. The van der Waals surface area contributed by atoms with Crippen LogP contribution in [0.1, 0.15) is 50.3 Å². The minimum Gasteiger partial charge on any atom is -0.371 e. The van der Waals surface area contributed by atoms with Crippen molar-refractivity contribution in [3.05, 3.63) is 59.2 Å². The van der Waals surface area contributed by atoms with Crippen molar-refractivity contribution < 1.29 is 14.4 Å². The number of hydrogen-bond donors (Lipinski definition) is 2. The number of anilines is 2. The van der Waals surface area contributed by atoms with E-state index in [1.165, 1.54) is 11.3 Å².